The highest BCUT2D eigenvalue weighted by Gasteiger charge is 2.26. The largest absolute Gasteiger partial charge is 0.494 e. The molecule has 106 valence electrons. The second-order valence-electron chi connectivity index (χ2n) is 4.00. The molecular formula is C13H15N2O4P. The predicted molar refractivity (Wildman–Crippen MR) is 75.5 cm³/mol. The van der Waals surface area contributed by atoms with Gasteiger partial charge in [-0.05, 0) is 31.2 Å². The standard InChI is InChI=1S/C13H15N2O4P/c1-11-7-6-10-13(14-11)15(19-20(16,17)18-2)12-8-4-3-5-9-12/h3-10H,1-2H3,(H,16,17). The van der Waals surface area contributed by atoms with Gasteiger partial charge in [0.15, 0.2) is 5.82 Å². The van der Waals surface area contributed by atoms with Crippen molar-refractivity contribution in [2.75, 3.05) is 12.2 Å². The van der Waals surface area contributed by atoms with Crippen LogP contribution in [0.2, 0.25) is 0 Å². The number of nitrogens with zero attached hydrogens (tertiary/aromatic N) is 2. The first-order chi connectivity index (χ1) is 9.52. The number of benzene rings is 1. The lowest BCUT2D eigenvalue weighted by Gasteiger charge is -2.24. The topological polar surface area (TPSA) is 71.9 Å². The number of hydrogen-bond donors (Lipinski definition) is 1. The summed E-state index contributed by atoms with van der Waals surface area (Å²) < 4.78 is 21.2. The van der Waals surface area contributed by atoms with Gasteiger partial charge < -0.3 is 4.89 Å². The zero-order valence-electron chi connectivity index (χ0n) is 11.1. The van der Waals surface area contributed by atoms with Gasteiger partial charge in [-0.1, -0.05) is 24.3 Å². The van der Waals surface area contributed by atoms with Crippen molar-refractivity contribution in [3.05, 3.63) is 54.2 Å². The number of aryl methyl sites for hydroxylation is 1. The molecule has 0 aliphatic heterocycles. The molecule has 1 aromatic carbocycles. The van der Waals surface area contributed by atoms with Crippen molar-refractivity contribution in [3.63, 3.8) is 0 Å². The molecule has 6 nitrogen and oxygen atoms in total. The van der Waals surface area contributed by atoms with Crippen LogP contribution in [0.5, 0.6) is 0 Å². The third-order valence-corrected chi connectivity index (χ3v) is 3.32. The number of rotatable bonds is 5. The van der Waals surface area contributed by atoms with Crippen molar-refractivity contribution in [2.45, 2.75) is 6.92 Å². The Morgan fingerprint density at radius 3 is 2.45 bits per heavy atom. The van der Waals surface area contributed by atoms with Gasteiger partial charge in [0.25, 0.3) is 0 Å². The molecular weight excluding hydrogens is 279 g/mol. The molecule has 2 rings (SSSR count). The lowest BCUT2D eigenvalue weighted by Crippen LogP contribution is -2.18. The average Bonchev–Trinajstić information content (AvgIpc) is 2.46. The average molecular weight is 294 g/mol. The maximum Gasteiger partial charge on any atom is 0.494 e. The molecule has 0 aliphatic carbocycles. The Bertz CT molecular complexity index is 621. The van der Waals surface area contributed by atoms with Crippen molar-refractivity contribution in [1.29, 1.82) is 0 Å². The lowest BCUT2D eigenvalue weighted by molar-refractivity contribution is 0.173. The van der Waals surface area contributed by atoms with E-state index < -0.39 is 7.82 Å². The van der Waals surface area contributed by atoms with E-state index in [-0.39, 0.29) is 0 Å². The molecule has 1 atom stereocenters. The molecule has 1 unspecified atom stereocenters. The number of phosphoric acid groups is 1. The highest BCUT2D eigenvalue weighted by Crippen LogP contribution is 2.46. The van der Waals surface area contributed by atoms with E-state index in [0.29, 0.717) is 11.5 Å². The van der Waals surface area contributed by atoms with E-state index >= 15 is 0 Å². The normalized spacial score (nSPS) is 13.8. The summed E-state index contributed by atoms with van der Waals surface area (Å²) in [5, 5.41) is 1.18. The summed E-state index contributed by atoms with van der Waals surface area (Å²) in [5.41, 5.74) is 1.33. The third kappa shape index (κ3) is 3.65. The van der Waals surface area contributed by atoms with E-state index in [9.17, 15) is 9.46 Å². The molecule has 0 bridgehead atoms. The van der Waals surface area contributed by atoms with Gasteiger partial charge in [0.1, 0.15) is 0 Å². The van der Waals surface area contributed by atoms with E-state index in [1.54, 1.807) is 36.4 Å². The van der Waals surface area contributed by atoms with Crippen molar-refractivity contribution in [3.8, 4) is 0 Å². The third-order valence-electron chi connectivity index (χ3n) is 2.49. The highest BCUT2D eigenvalue weighted by molar-refractivity contribution is 7.47. The SMILES string of the molecule is COP(=O)(O)ON(c1ccccc1)c1cccc(C)n1. The Labute approximate surface area is 117 Å². The summed E-state index contributed by atoms with van der Waals surface area (Å²) in [5.74, 6) is 0.391. The molecule has 2 aromatic rings. The zero-order chi connectivity index (χ0) is 14.6. The fourth-order valence-corrected chi connectivity index (χ4v) is 2.01. The predicted octanol–water partition coefficient (Wildman–Crippen LogP) is 3.21. The summed E-state index contributed by atoms with van der Waals surface area (Å²) in [7, 11) is -3.08. The van der Waals surface area contributed by atoms with E-state index in [1.165, 1.54) is 5.06 Å². The minimum atomic E-state index is -4.19. The van der Waals surface area contributed by atoms with E-state index in [1.807, 2.05) is 19.1 Å². The molecule has 0 fully saturated rings. The first-order valence-electron chi connectivity index (χ1n) is 5.89. The first kappa shape index (κ1) is 14.7. The Hall–Kier alpha value is -1.72. The van der Waals surface area contributed by atoms with Crippen LogP contribution >= 0.6 is 7.82 Å². The number of hydrogen-bond acceptors (Lipinski definition) is 5. The minimum absolute atomic E-state index is 0.391. The minimum Gasteiger partial charge on any atom is -0.301 e. The van der Waals surface area contributed by atoms with E-state index in [0.717, 1.165) is 12.8 Å². The summed E-state index contributed by atoms with van der Waals surface area (Å²) in [6, 6.07) is 14.2. The van der Waals surface area contributed by atoms with Crippen LogP contribution in [-0.2, 0) is 13.7 Å². The second-order valence-corrected chi connectivity index (χ2v) is 5.47. The Morgan fingerprint density at radius 2 is 1.85 bits per heavy atom. The van der Waals surface area contributed by atoms with Crippen molar-refractivity contribution < 1.29 is 18.6 Å². The van der Waals surface area contributed by atoms with Crippen molar-refractivity contribution in [1.82, 2.24) is 4.98 Å². The smallest absolute Gasteiger partial charge is 0.301 e. The molecule has 0 aliphatic rings. The van der Waals surface area contributed by atoms with Gasteiger partial charge in [-0.3, -0.25) is 4.52 Å². The Balaban J connectivity index is 2.42. The number of para-hydroxylation sites is 1. The monoisotopic (exact) mass is 294 g/mol. The van der Waals surface area contributed by atoms with Crippen LogP contribution in [0.1, 0.15) is 5.69 Å². The molecule has 1 N–H and O–H groups in total. The highest BCUT2D eigenvalue weighted by atomic mass is 31.2. The zero-order valence-corrected chi connectivity index (χ0v) is 12.0. The van der Waals surface area contributed by atoms with Crippen LogP contribution in [0.25, 0.3) is 0 Å². The Morgan fingerprint density at radius 1 is 1.15 bits per heavy atom. The van der Waals surface area contributed by atoms with Gasteiger partial charge in [0, 0.05) is 12.8 Å². The maximum atomic E-state index is 11.7. The van der Waals surface area contributed by atoms with Crippen LogP contribution in [0.3, 0.4) is 0 Å². The molecule has 0 saturated carbocycles. The van der Waals surface area contributed by atoms with Crippen LogP contribution < -0.4 is 5.06 Å². The van der Waals surface area contributed by atoms with Crippen LogP contribution in [0.4, 0.5) is 11.5 Å². The maximum absolute atomic E-state index is 11.7. The van der Waals surface area contributed by atoms with Crippen molar-refractivity contribution >= 4 is 19.3 Å². The van der Waals surface area contributed by atoms with Gasteiger partial charge in [0.2, 0.25) is 0 Å². The first-order valence-corrected chi connectivity index (χ1v) is 7.38. The van der Waals surface area contributed by atoms with E-state index in [2.05, 4.69) is 9.51 Å². The summed E-state index contributed by atoms with van der Waals surface area (Å²) >= 11 is 0. The molecule has 20 heavy (non-hydrogen) atoms. The van der Waals surface area contributed by atoms with E-state index in [4.69, 9.17) is 4.62 Å². The summed E-state index contributed by atoms with van der Waals surface area (Å²) in [6.45, 7) is 1.82. The van der Waals surface area contributed by atoms with Crippen LogP contribution in [0, 0.1) is 6.92 Å². The van der Waals surface area contributed by atoms with Gasteiger partial charge >= 0.3 is 7.82 Å². The number of anilines is 2. The number of phosphoric ester groups is 1. The summed E-state index contributed by atoms with van der Waals surface area (Å²) in [4.78, 5) is 13.8. The molecule has 0 saturated heterocycles. The quantitative estimate of drug-likeness (QED) is 0.674. The molecule has 0 radical (unpaired) electrons. The molecule has 1 aromatic heterocycles. The lowest BCUT2D eigenvalue weighted by atomic mass is 10.3. The van der Waals surface area contributed by atoms with Gasteiger partial charge in [-0.15, -0.1) is 0 Å². The number of aromatic nitrogens is 1. The molecule has 0 spiro atoms. The van der Waals surface area contributed by atoms with Gasteiger partial charge in [-0.25, -0.2) is 9.55 Å². The Kier molecular flexibility index (Phi) is 4.52. The van der Waals surface area contributed by atoms with Crippen LogP contribution in [-0.4, -0.2) is 17.0 Å². The van der Waals surface area contributed by atoms with Crippen molar-refractivity contribution in [2.24, 2.45) is 0 Å². The fraction of sp³-hybridized carbons (Fsp3) is 0.154. The molecule has 0 amide bonds. The van der Waals surface area contributed by atoms with Gasteiger partial charge in [0.05, 0.1) is 5.69 Å². The second kappa shape index (κ2) is 6.15. The molecule has 1 heterocycles. The number of pyridine rings is 1. The fourth-order valence-electron chi connectivity index (χ4n) is 1.56. The summed E-state index contributed by atoms with van der Waals surface area (Å²) in [6.07, 6.45) is 0. The van der Waals surface area contributed by atoms with Crippen LogP contribution in [0.15, 0.2) is 48.5 Å². The van der Waals surface area contributed by atoms with Gasteiger partial charge in [-0.2, -0.15) is 9.69 Å². The molecule has 7 heteroatoms.